The summed E-state index contributed by atoms with van der Waals surface area (Å²) in [6.45, 7) is 2.03. The topological polar surface area (TPSA) is 43.8 Å². The van der Waals surface area contributed by atoms with Gasteiger partial charge in [0, 0.05) is 5.02 Å². The number of anilines is 1. The van der Waals surface area contributed by atoms with Gasteiger partial charge in [0.15, 0.2) is 0 Å². The van der Waals surface area contributed by atoms with Gasteiger partial charge in [0.2, 0.25) is 0 Å². The number of nitrogens with zero attached hydrogens (tertiary/aromatic N) is 2. The fraction of sp³-hybridized carbons (Fsp3) is 0.182. The molecule has 1 aromatic carbocycles. The van der Waals surface area contributed by atoms with Gasteiger partial charge < -0.3 is 5.73 Å². The summed E-state index contributed by atoms with van der Waals surface area (Å²) in [6, 6.07) is 7.75. The maximum atomic E-state index is 5.95. The quantitative estimate of drug-likeness (QED) is 0.922. The number of halogens is 2. The van der Waals surface area contributed by atoms with Crippen LogP contribution in [0.15, 0.2) is 34.9 Å². The molecule has 1 unspecified atom stereocenters. The van der Waals surface area contributed by atoms with Crippen molar-refractivity contribution in [3.8, 4) is 0 Å². The number of nitrogen functional groups attached to an aromatic ring is 1. The van der Waals surface area contributed by atoms with E-state index < -0.39 is 0 Å². The van der Waals surface area contributed by atoms with E-state index in [2.05, 4.69) is 21.0 Å². The summed E-state index contributed by atoms with van der Waals surface area (Å²) >= 11 is 9.29. The molecule has 2 rings (SSSR count). The first-order valence-electron chi connectivity index (χ1n) is 4.83. The Morgan fingerprint density at radius 1 is 1.50 bits per heavy atom. The first kappa shape index (κ1) is 11.5. The van der Waals surface area contributed by atoms with Crippen LogP contribution in [0.5, 0.6) is 0 Å². The zero-order chi connectivity index (χ0) is 11.7. The Morgan fingerprint density at radius 3 is 2.81 bits per heavy atom. The molecule has 0 spiro atoms. The minimum atomic E-state index is 0.0602. The molecule has 84 valence electrons. The fourth-order valence-electron chi connectivity index (χ4n) is 1.57. The Bertz CT molecular complexity index is 510. The van der Waals surface area contributed by atoms with Crippen molar-refractivity contribution in [2.24, 2.45) is 0 Å². The van der Waals surface area contributed by atoms with Crippen molar-refractivity contribution in [3.05, 3.63) is 45.5 Å². The number of rotatable bonds is 2. The van der Waals surface area contributed by atoms with E-state index in [-0.39, 0.29) is 6.04 Å². The second kappa shape index (κ2) is 4.47. The average Bonchev–Trinajstić information content (AvgIpc) is 2.59. The summed E-state index contributed by atoms with van der Waals surface area (Å²) in [5, 5.41) is 4.94. The fourth-order valence-corrected chi connectivity index (χ4v) is 2.04. The van der Waals surface area contributed by atoms with Crippen LogP contribution in [0, 0.1) is 0 Å². The highest BCUT2D eigenvalue weighted by Crippen LogP contribution is 2.26. The van der Waals surface area contributed by atoms with Gasteiger partial charge in [-0.15, -0.1) is 0 Å². The molecule has 5 heteroatoms. The van der Waals surface area contributed by atoms with Crippen LogP contribution in [-0.2, 0) is 0 Å². The third kappa shape index (κ3) is 2.08. The van der Waals surface area contributed by atoms with Crippen molar-refractivity contribution >= 4 is 33.3 Å². The molecule has 0 saturated heterocycles. The highest BCUT2D eigenvalue weighted by molar-refractivity contribution is 9.10. The van der Waals surface area contributed by atoms with Gasteiger partial charge in [0.25, 0.3) is 0 Å². The van der Waals surface area contributed by atoms with Crippen LogP contribution in [-0.4, -0.2) is 9.78 Å². The number of hydrogen-bond acceptors (Lipinski definition) is 2. The molecule has 0 amide bonds. The number of hydrogen-bond donors (Lipinski definition) is 1. The molecule has 1 atom stereocenters. The molecule has 0 saturated carbocycles. The van der Waals surface area contributed by atoms with Gasteiger partial charge in [0.1, 0.15) is 5.82 Å². The van der Waals surface area contributed by atoms with Gasteiger partial charge in [-0.05, 0) is 40.5 Å². The zero-order valence-corrected chi connectivity index (χ0v) is 11.0. The Balaban J connectivity index is 2.39. The number of nitrogens with two attached hydrogens (primary N) is 1. The zero-order valence-electron chi connectivity index (χ0n) is 8.69. The van der Waals surface area contributed by atoms with Gasteiger partial charge >= 0.3 is 0 Å². The maximum absolute atomic E-state index is 5.95. The Hall–Kier alpha value is -1.00. The van der Waals surface area contributed by atoms with E-state index in [9.17, 15) is 0 Å². The van der Waals surface area contributed by atoms with E-state index >= 15 is 0 Å². The summed E-state index contributed by atoms with van der Waals surface area (Å²) < 4.78 is 2.57. The van der Waals surface area contributed by atoms with E-state index in [4.69, 9.17) is 17.3 Å². The van der Waals surface area contributed by atoms with Gasteiger partial charge in [-0.25, -0.2) is 4.68 Å². The summed E-state index contributed by atoms with van der Waals surface area (Å²) in [5.41, 5.74) is 6.98. The monoisotopic (exact) mass is 299 g/mol. The second-order valence-corrected chi connectivity index (χ2v) is 4.84. The van der Waals surface area contributed by atoms with Gasteiger partial charge in [-0.2, -0.15) is 5.10 Å². The largest absolute Gasteiger partial charge is 0.383 e. The first-order valence-corrected chi connectivity index (χ1v) is 6.00. The lowest BCUT2D eigenvalue weighted by Crippen LogP contribution is -2.11. The lowest BCUT2D eigenvalue weighted by molar-refractivity contribution is 0.573. The summed E-state index contributed by atoms with van der Waals surface area (Å²) in [4.78, 5) is 0. The van der Waals surface area contributed by atoms with Crippen LogP contribution in [0.4, 0.5) is 5.82 Å². The Labute approximate surface area is 107 Å². The summed E-state index contributed by atoms with van der Waals surface area (Å²) in [6.07, 6.45) is 1.69. The van der Waals surface area contributed by atoms with Crippen LogP contribution in [0.3, 0.4) is 0 Å². The number of aromatic nitrogens is 2. The molecule has 2 N–H and O–H groups in total. The van der Waals surface area contributed by atoms with Crippen LogP contribution in [0.1, 0.15) is 18.5 Å². The Kier molecular flexibility index (Phi) is 3.21. The molecule has 0 radical (unpaired) electrons. The van der Waals surface area contributed by atoms with Crippen molar-refractivity contribution in [1.29, 1.82) is 0 Å². The van der Waals surface area contributed by atoms with Crippen LogP contribution < -0.4 is 5.73 Å². The molecule has 3 nitrogen and oxygen atoms in total. The summed E-state index contributed by atoms with van der Waals surface area (Å²) in [7, 11) is 0. The van der Waals surface area contributed by atoms with Crippen LogP contribution in [0.25, 0.3) is 0 Å². The third-order valence-electron chi connectivity index (χ3n) is 2.48. The van der Waals surface area contributed by atoms with Crippen LogP contribution in [0.2, 0.25) is 5.02 Å². The van der Waals surface area contributed by atoms with Gasteiger partial charge in [0.05, 0.1) is 16.7 Å². The van der Waals surface area contributed by atoms with E-state index in [0.717, 1.165) is 10.0 Å². The minimum absolute atomic E-state index is 0.0602. The predicted molar refractivity (Wildman–Crippen MR) is 69.6 cm³/mol. The highest BCUT2D eigenvalue weighted by atomic mass is 79.9. The average molecular weight is 301 g/mol. The molecule has 1 aromatic heterocycles. The normalized spacial score (nSPS) is 12.7. The third-order valence-corrected chi connectivity index (χ3v) is 3.33. The summed E-state index contributed by atoms with van der Waals surface area (Å²) in [5.74, 6) is 0.618. The highest BCUT2D eigenvalue weighted by Gasteiger charge is 2.13. The molecule has 0 fully saturated rings. The van der Waals surface area contributed by atoms with Crippen molar-refractivity contribution in [2.45, 2.75) is 13.0 Å². The standard InChI is InChI=1S/C11H11BrClN3/c1-7(8-3-2-4-9(13)5-8)16-11(14)10(12)6-15-16/h2-7H,14H2,1H3. The number of benzene rings is 1. The lowest BCUT2D eigenvalue weighted by Gasteiger charge is -2.14. The lowest BCUT2D eigenvalue weighted by atomic mass is 10.1. The molecule has 0 aliphatic heterocycles. The smallest absolute Gasteiger partial charge is 0.136 e. The molecule has 0 bridgehead atoms. The van der Waals surface area contributed by atoms with Crippen molar-refractivity contribution < 1.29 is 0 Å². The first-order chi connectivity index (χ1) is 7.59. The van der Waals surface area contributed by atoms with Crippen molar-refractivity contribution in [1.82, 2.24) is 9.78 Å². The van der Waals surface area contributed by atoms with E-state index in [0.29, 0.717) is 10.8 Å². The maximum Gasteiger partial charge on any atom is 0.136 e. The van der Waals surface area contributed by atoms with E-state index in [1.807, 2.05) is 31.2 Å². The van der Waals surface area contributed by atoms with Crippen molar-refractivity contribution in [2.75, 3.05) is 5.73 Å². The molecule has 1 heterocycles. The Morgan fingerprint density at radius 2 is 2.25 bits per heavy atom. The molecule has 2 aromatic rings. The SMILES string of the molecule is CC(c1cccc(Cl)c1)n1ncc(Br)c1N. The van der Waals surface area contributed by atoms with E-state index in [1.54, 1.807) is 10.9 Å². The molecular weight excluding hydrogens is 289 g/mol. The molecular formula is C11H11BrClN3. The van der Waals surface area contributed by atoms with Crippen LogP contribution >= 0.6 is 27.5 Å². The van der Waals surface area contributed by atoms with Gasteiger partial charge in [-0.3, -0.25) is 0 Å². The predicted octanol–water partition coefficient (Wildman–Crippen LogP) is 3.49. The molecule has 0 aliphatic rings. The molecule has 0 aliphatic carbocycles. The van der Waals surface area contributed by atoms with Crippen molar-refractivity contribution in [3.63, 3.8) is 0 Å². The minimum Gasteiger partial charge on any atom is -0.383 e. The molecule has 16 heavy (non-hydrogen) atoms. The van der Waals surface area contributed by atoms with Gasteiger partial charge in [-0.1, -0.05) is 23.7 Å². The second-order valence-electron chi connectivity index (χ2n) is 3.55. The van der Waals surface area contributed by atoms with E-state index in [1.165, 1.54) is 0 Å².